The van der Waals surface area contributed by atoms with Crippen LogP contribution in [0.3, 0.4) is 0 Å². The van der Waals surface area contributed by atoms with Gasteiger partial charge in [0.2, 0.25) is 5.91 Å². The van der Waals surface area contributed by atoms with Gasteiger partial charge in [-0.25, -0.2) is 4.79 Å². The molecule has 8 heteroatoms. The number of nitrogens with zero attached hydrogens (tertiary/aromatic N) is 1. The predicted molar refractivity (Wildman–Crippen MR) is 88.9 cm³/mol. The summed E-state index contributed by atoms with van der Waals surface area (Å²) < 4.78 is 41.2. The van der Waals surface area contributed by atoms with Gasteiger partial charge in [0.05, 0.1) is 19.6 Å². The number of alkyl halides is 3. The highest BCUT2D eigenvalue weighted by Crippen LogP contribution is 2.19. The maximum absolute atomic E-state index is 12.1. The molecule has 0 fully saturated rings. The SMILES string of the molecule is CCOC(=O)/C=C/c1ccc(NC(=O)CN(C)CCC(F)(F)F)cc1. The van der Waals surface area contributed by atoms with Gasteiger partial charge in [-0.05, 0) is 37.7 Å². The lowest BCUT2D eigenvalue weighted by molar-refractivity contribution is -0.138. The van der Waals surface area contributed by atoms with E-state index in [0.717, 1.165) is 5.56 Å². The molecule has 0 radical (unpaired) electrons. The molecular formula is C17H21F3N2O3. The van der Waals surface area contributed by atoms with E-state index in [2.05, 4.69) is 5.32 Å². The summed E-state index contributed by atoms with van der Waals surface area (Å²) >= 11 is 0. The molecule has 1 N–H and O–H groups in total. The fourth-order valence-corrected chi connectivity index (χ4v) is 1.87. The van der Waals surface area contributed by atoms with Crippen LogP contribution in [0.25, 0.3) is 6.08 Å². The zero-order chi connectivity index (χ0) is 18.9. The first-order chi connectivity index (χ1) is 11.7. The Balaban J connectivity index is 2.46. The van der Waals surface area contributed by atoms with Crippen LogP contribution in [-0.2, 0) is 14.3 Å². The average molecular weight is 358 g/mol. The number of benzene rings is 1. The molecule has 0 aliphatic rings. The summed E-state index contributed by atoms with van der Waals surface area (Å²) in [6.07, 6.45) is -2.32. The lowest BCUT2D eigenvalue weighted by Gasteiger charge is -2.17. The summed E-state index contributed by atoms with van der Waals surface area (Å²) in [5.41, 5.74) is 1.26. The van der Waals surface area contributed by atoms with E-state index in [0.29, 0.717) is 12.3 Å². The molecule has 0 saturated heterocycles. The van der Waals surface area contributed by atoms with Crippen LogP contribution < -0.4 is 5.32 Å². The van der Waals surface area contributed by atoms with Crippen molar-refractivity contribution in [2.45, 2.75) is 19.5 Å². The molecule has 0 atom stereocenters. The minimum atomic E-state index is -4.24. The molecule has 0 aromatic heterocycles. The topological polar surface area (TPSA) is 58.6 Å². The maximum atomic E-state index is 12.1. The van der Waals surface area contributed by atoms with Crippen LogP contribution in [0.2, 0.25) is 0 Å². The standard InChI is InChI=1S/C17H21F3N2O3/c1-3-25-16(24)9-6-13-4-7-14(8-5-13)21-15(23)12-22(2)11-10-17(18,19)20/h4-9H,3,10-12H2,1-2H3,(H,21,23)/b9-6+. The third-order valence-electron chi connectivity index (χ3n) is 3.08. The molecule has 0 aliphatic heterocycles. The number of anilines is 1. The van der Waals surface area contributed by atoms with E-state index in [1.807, 2.05) is 0 Å². The van der Waals surface area contributed by atoms with E-state index in [4.69, 9.17) is 4.74 Å². The Kier molecular flexibility index (Phi) is 8.13. The largest absolute Gasteiger partial charge is 0.463 e. The fourth-order valence-electron chi connectivity index (χ4n) is 1.87. The highest BCUT2D eigenvalue weighted by atomic mass is 19.4. The molecule has 5 nitrogen and oxygen atoms in total. The summed E-state index contributed by atoms with van der Waals surface area (Å²) in [5.74, 6) is -0.846. The number of hydrogen-bond donors (Lipinski definition) is 1. The normalized spacial score (nSPS) is 11.8. The zero-order valence-corrected chi connectivity index (χ0v) is 14.1. The third-order valence-corrected chi connectivity index (χ3v) is 3.08. The van der Waals surface area contributed by atoms with E-state index < -0.39 is 24.5 Å². The van der Waals surface area contributed by atoms with Crippen molar-refractivity contribution >= 4 is 23.6 Å². The van der Waals surface area contributed by atoms with Crippen LogP contribution in [0.1, 0.15) is 18.9 Å². The molecule has 0 aliphatic carbocycles. The van der Waals surface area contributed by atoms with Gasteiger partial charge in [-0.1, -0.05) is 12.1 Å². The molecule has 0 unspecified atom stereocenters. The maximum Gasteiger partial charge on any atom is 0.390 e. The lowest BCUT2D eigenvalue weighted by Crippen LogP contribution is -2.32. The van der Waals surface area contributed by atoms with Crippen molar-refractivity contribution in [1.29, 1.82) is 0 Å². The number of halogens is 3. The molecule has 138 valence electrons. The van der Waals surface area contributed by atoms with Crippen LogP contribution in [0.5, 0.6) is 0 Å². The quantitative estimate of drug-likeness (QED) is 0.573. The van der Waals surface area contributed by atoms with Crippen LogP contribution in [0, 0.1) is 0 Å². The Labute approximate surface area is 144 Å². The van der Waals surface area contributed by atoms with Crippen molar-refractivity contribution in [3.05, 3.63) is 35.9 Å². The Bertz CT molecular complexity index is 598. The van der Waals surface area contributed by atoms with E-state index in [1.165, 1.54) is 18.0 Å². The molecule has 1 amide bonds. The Morgan fingerprint density at radius 1 is 1.24 bits per heavy atom. The van der Waals surface area contributed by atoms with Gasteiger partial charge in [-0.2, -0.15) is 13.2 Å². The lowest BCUT2D eigenvalue weighted by atomic mass is 10.2. The van der Waals surface area contributed by atoms with Crippen LogP contribution >= 0.6 is 0 Å². The van der Waals surface area contributed by atoms with Gasteiger partial charge in [0.25, 0.3) is 0 Å². The predicted octanol–water partition coefficient (Wildman–Crippen LogP) is 3.09. The first-order valence-electron chi connectivity index (χ1n) is 7.69. The summed E-state index contributed by atoms with van der Waals surface area (Å²) in [6.45, 7) is 1.63. The van der Waals surface area contributed by atoms with Crippen molar-refractivity contribution in [1.82, 2.24) is 4.90 Å². The number of carbonyl (C=O) groups is 2. The minimum Gasteiger partial charge on any atom is -0.463 e. The molecule has 1 rings (SSSR count). The summed E-state index contributed by atoms with van der Waals surface area (Å²) in [5, 5.41) is 2.60. The Morgan fingerprint density at radius 2 is 1.88 bits per heavy atom. The van der Waals surface area contributed by atoms with Crippen molar-refractivity contribution in [2.24, 2.45) is 0 Å². The van der Waals surface area contributed by atoms with E-state index in [9.17, 15) is 22.8 Å². The van der Waals surface area contributed by atoms with Crippen LogP contribution in [0.15, 0.2) is 30.3 Å². The average Bonchev–Trinajstić information content (AvgIpc) is 2.52. The molecule has 0 heterocycles. The second kappa shape index (κ2) is 9.83. The number of hydrogen-bond acceptors (Lipinski definition) is 4. The summed E-state index contributed by atoms with van der Waals surface area (Å²) in [7, 11) is 1.45. The molecule has 1 aromatic carbocycles. The number of ether oxygens (including phenoxy) is 1. The van der Waals surface area contributed by atoms with Crippen molar-refractivity contribution < 1.29 is 27.5 Å². The monoisotopic (exact) mass is 358 g/mol. The third kappa shape index (κ3) is 9.51. The second-order valence-electron chi connectivity index (χ2n) is 5.36. The van der Waals surface area contributed by atoms with Crippen molar-refractivity contribution in [3.8, 4) is 0 Å². The second-order valence-corrected chi connectivity index (χ2v) is 5.36. The summed E-state index contributed by atoms with van der Waals surface area (Å²) in [4.78, 5) is 24.3. The molecular weight excluding hydrogens is 337 g/mol. The first kappa shape index (κ1) is 20.7. The van der Waals surface area contributed by atoms with Gasteiger partial charge in [0.1, 0.15) is 0 Å². The van der Waals surface area contributed by atoms with Gasteiger partial charge >= 0.3 is 12.1 Å². The van der Waals surface area contributed by atoms with Crippen LogP contribution in [-0.4, -0.2) is 49.7 Å². The highest BCUT2D eigenvalue weighted by Gasteiger charge is 2.27. The van der Waals surface area contributed by atoms with Gasteiger partial charge in [0, 0.05) is 18.3 Å². The zero-order valence-electron chi connectivity index (χ0n) is 14.1. The first-order valence-corrected chi connectivity index (χ1v) is 7.69. The molecule has 0 spiro atoms. The van der Waals surface area contributed by atoms with Gasteiger partial charge in [-0.3, -0.25) is 9.69 Å². The van der Waals surface area contributed by atoms with Gasteiger partial charge in [0.15, 0.2) is 0 Å². The number of carbonyl (C=O) groups excluding carboxylic acids is 2. The van der Waals surface area contributed by atoms with Crippen molar-refractivity contribution in [2.75, 3.05) is 32.1 Å². The van der Waals surface area contributed by atoms with E-state index in [-0.39, 0.29) is 13.1 Å². The number of rotatable bonds is 8. The number of likely N-dealkylation sites (N-methyl/N-ethyl adjacent to an activating group) is 1. The fraction of sp³-hybridized carbons (Fsp3) is 0.412. The molecule has 0 bridgehead atoms. The Morgan fingerprint density at radius 3 is 2.44 bits per heavy atom. The number of amides is 1. The minimum absolute atomic E-state index is 0.138. The summed E-state index contributed by atoms with van der Waals surface area (Å²) in [6, 6.07) is 6.66. The van der Waals surface area contributed by atoms with Gasteiger partial charge in [-0.15, -0.1) is 0 Å². The Hall–Kier alpha value is -2.35. The smallest absolute Gasteiger partial charge is 0.390 e. The van der Waals surface area contributed by atoms with Gasteiger partial charge < -0.3 is 10.1 Å². The van der Waals surface area contributed by atoms with E-state index in [1.54, 1.807) is 37.3 Å². The molecule has 0 saturated carbocycles. The number of nitrogens with one attached hydrogen (secondary N) is 1. The molecule has 1 aromatic rings. The highest BCUT2D eigenvalue weighted by molar-refractivity contribution is 5.92. The molecule has 25 heavy (non-hydrogen) atoms. The van der Waals surface area contributed by atoms with E-state index >= 15 is 0 Å². The van der Waals surface area contributed by atoms with Crippen molar-refractivity contribution in [3.63, 3.8) is 0 Å². The number of esters is 1. The van der Waals surface area contributed by atoms with Crippen LogP contribution in [0.4, 0.5) is 18.9 Å².